The fourth-order valence-corrected chi connectivity index (χ4v) is 2.04. The Morgan fingerprint density at radius 2 is 2.15 bits per heavy atom. The summed E-state index contributed by atoms with van der Waals surface area (Å²) in [5, 5.41) is 8.07. The monoisotopic (exact) mass is 345 g/mol. The van der Waals surface area contributed by atoms with Crippen molar-refractivity contribution in [3.05, 3.63) is 40.4 Å². The maximum atomic E-state index is 14.1. The van der Waals surface area contributed by atoms with Crippen molar-refractivity contribution in [1.29, 1.82) is 0 Å². The fraction of sp³-hybridized carbons (Fsp3) is 0.167. The molecule has 2 N–H and O–H groups in total. The van der Waals surface area contributed by atoms with Gasteiger partial charge in [-0.15, -0.1) is 5.10 Å². The van der Waals surface area contributed by atoms with Crippen LogP contribution in [0, 0.1) is 0 Å². The first-order valence-corrected chi connectivity index (χ1v) is 6.28. The topological polar surface area (TPSA) is 67.0 Å². The van der Waals surface area contributed by atoms with Crippen molar-refractivity contribution < 1.29 is 18.3 Å². The molecule has 0 atom stereocenters. The Balaban J connectivity index is 2.21. The van der Waals surface area contributed by atoms with E-state index in [2.05, 4.69) is 31.4 Å². The maximum absolute atomic E-state index is 14.1. The molecule has 1 heterocycles. The summed E-state index contributed by atoms with van der Waals surface area (Å²) in [6.45, 7) is 0. The lowest BCUT2D eigenvalue weighted by atomic mass is 10.1. The Labute approximate surface area is 121 Å². The van der Waals surface area contributed by atoms with Gasteiger partial charge in [0, 0.05) is 16.1 Å². The molecule has 0 radical (unpaired) electrons. The van der Waals surface area contributed by atoms with E-state index in [0.29, 0.717) is 0 Å². The van der Waals surface area contributed by atoms with Gasteiger partial charge in [-0.25, -0.2) is 0 Å². The molecule has 0 aliphatic carbocycles. The van der Waals surface area contributed by atoms with E-state index in [1.54, 1.807) is 6.07 Å². The number of rotatable bonds is 4. The van der Waals surface area contributed by atoms with Gasteiger partial charge in [0.15, 0.2) is 0 Å². The quantitative estimate of drug-likeness (QED) is 0.895. The van der Waals surface area contributed by atoms with Gasteiger partial charge in [0.2, 0.25) is 5.88 Å². The van der Waals surface area contributed by atoms with Crippen LogP contribution in [0.5, 0.6) is 5.88 Å². The molecule has 106 valence electrons. The Morgan fingerprint density at radius 1 is 1.45 bits per heavy atom. The lowest BCUT2D eigenvalue weighted by Crippen LogP contribution is -2.32. The zero-order chi connectivity index (χ0) is 14.8. The average Bonchev–Trinajstić information content (AvgIpc) is 2.86. The third-order valence-corrected chi connectivity index (χ3v) is 3.20. The number of H-pyrrole nitrogens is 1. The highest BCUT2D eigenvalue weighted by atomic mass is 79.9. The zero-order valence-corrected chi connectivity index (χ0v) is 11.9. The Bertz CT molecular complexity index is 631. The maximum Gasteiger partial charge on any atom is 0.351 e. The van der Waals surface area contributed by atoms with Crippen LogP contribution in [-0.2, 0) is 10.7 Å². The number of hydrogen-bond acceptors (Lipinski definition) is 3. The molecule has 0 spiro atoms. The largest absolute Gasteiger partial charge is 0.480 e. The van der Waals surface area contributed by atoms with Crippen molar-refractivity contribution in [2.75, 3.05) is 12.4 Å². The number of nitrogens with zero attached hydrogens (tertiary/aromatic N) is 1. The van der Waals surface area contributed by atoms with Crippen LogP contribution in [0.1, 0.15) is 5.56 Å². The molecule has 0 aliphatic rings. The van der Waals surface area contributed by atoms with E-state index in [1.807, 2.05) is 0 Å². The number of methoxy groups -OCH3 is 1. The molecule has 1 amide bonds. The molecule has 0 fully saturated rings. The highest BCUT2D eigenvalue weighted by molar-refractivity contribution is 9.10. The number of halogens is 3. The summed E-state index contributed by atoms with van der Waals surface area (Å²) >= 11 is 3.00. The predicted molar refractivity (Wildman–Crippen MR) is 71.8 cm³/mol. The smallest absolute Gasteiger partial charge is 0.351 e. The SMILES string of the molecule is COc1cc(NC(=O)C(F)(F)c2ccccc2Br)[nH]n1. The van der Waals surface area contributed by atoms with Gasteiger partial charge in [0.05, 0.1) is 7.11 Å². The molecule has 1 aromatic carbocycles. The molecule has 1 aromatic heterocycles. The van der Waals surface area contributed by atoms with Crippen molar-refractivity contribution in [3.8, 4) is 5.88 Å². The summed E-state index contributed by atoms with van der Waals surface area (Å²) in [6.07, 6.45) is 0. The van der Waals surface area contributed by atoms with Crippen LogP contribution >= 0.6 is 15.9 Å². The minimum absolute atomic E-state index is 0.0265. The standard InChI is InChI=1S/C12H10BrF2N3O2/c1-20-10-6-9(17-18-10)16-11(19)12(14,15)7-4-2-3-5-8(7)13/h2-6H,1H3,(H2,16,17,18,19). The number of hydrogen-bond donors (Lipinski definition) is 2. The summed E-state index contributed by atoms with van der Waals surface area (Å²) in [7, 11) is 1.37. The van der Waals surface area contributed by atoms with Gasteiger partial charge in [-0.05, 0) is 6.07 Å². The summed E-state index contributed by atoms with van der Waals surface area (Å²) in [5.41, 5.74) is -0.413. The van der Waals surface area contributed by atoms with Crippen LogP contribution in [0.2, 0.25) is 0 Å². The number of ether oxygens (including phenoxy) is 1. The van der Waals surface area contributed by atoms with Crippen LogP contribution in [0.15, 0.2) is 34.8 Å². The Morgan fingerprint density at radius 3 is 2.75 bits per heavy atom. The fourth-order valence-electron chi connectivity index (χ4n) is 1.51. The van der Waals surface area contributed by atoms with Gasteiger partial charge in [0.1, 0.15) is 5.82 Å². The third kappa shape index (κ3) is 2.79. The van der Waals surface area contributed by atoms with Gasteiger partial charge < -0.3 is 10.1 Å². The van der Waals surface area contributed by atoms with E-state index >= 15 is 0 Å². The lowest BCUT2D eigenvalue weighted by Gasteiger charge is -2.16. The molecule has 2 aromatic rings. The van der Waals surface area contributed by atoms with E-state index in [4.69, 9.17) is 4.74 Å². The van der Waals surface area contributed by atoms with Gasteiger partial charge >= 0.3 is 11.8 Å². The summed E-state index contributed by atoms with van der Waals surface area (Å²) in [5.74, 6) is -4.93. The molecular formula is C12H10BrF2N3O2. The number of aromatic nitrogens is 2. The van der Waals surface area contributed by atoms with Crippen molar-refractivity contribution in [3.63, 3.8) is 0 Å². The second-order valence-corrected chi connectivity index (χ2v) is 4.69. The van der Waals surface area contributed by atoms with E-state index in [9.17, 15) is 13.6 Å². The van der Waals surface area contributed by atoms with Gasteiger partial charge in [-0.3, -0.25) is 9.89 Å². The highest BCUT2D eigenvalue weighted by Crippen LogP contribution is 2.34. The number of amides is 1. The normalized spacial score (nSPS) is 11.2. The predicted octanol–water partition coefficient (Wildman–Crippen LogP) is 2.91. The summed E-state index contributed by atoms with van der Waals surface area (Å²) in [4.78, 5) is 11.7. The number of anilines is 1. The van der Waals surface area contributed by atoms with E-state index in [1.165, 1.54) is 31.4 Å². The van der Waals surface area contributed by atoms with Crippen LogP contribution in [0.3, 0.4) is 0 Å². The van der Waals surface area contributed by atoms with Crippen LogP contribution in [0.4, 0.5) is 14.6 Å². The van der Waals surface area contributed by atoms with Crippen LogP contribution < -0.4 is 10.1 Å². The number of carbonyl (C=O) groups excluding carboxylic acids is 1. The summed E-state index contributed by atoms with van der Waals surface area (Å²) < 4.78 is 33.1. The average molecular weight is 346 g/mol. The Hall–Kier alpha value is -1.96. The third-order valence-electron chi connectivity index (χ3n) is 2.51. The summed E-state index contributed by atoms with van der Waals surface area (Å²) in [6, 6.07) is 6.93. The molecule has 0 bridgehead atoms. The zero-order valence-electron chi connectivity index (χ0n) is 10.3. The number of alkyl halides is 2. The minimum atomic E-state index is -3.68. The minimum Gasteiger partial charge on any atom is -0.480 e. The second kappa shape index (κ2) is 5.58. The van der Waals surface area contributed by atoms with Crippen molar-refractivity contribution >= 4 is 27.7 Å². The molecule has 8 heteroatoms. The lowest BCUT2D eigenvalue weighted by molar-refractivity contribution is -0.141. The van der Waals surface area contributed by atoms with Crippen molar-refractivity contribution in [1.82, 2.24) is 10.2 Å². The van der Waals surface area contributed by atoms with E-state index < -0.39 is 17.4 Å². The van der Waals surface area contributed by atoms with Crippen molar-refractivity contribution in [2.45, 2.75) is 5.92 Å². The number of nitrogens with one attached hydrogen (secondary N) is 2. The van der Waals surface area contributed by atoms with Crippen LogP contribution in [-0.4, -0.2) is 23.2 Å². The van der Waals surface area contributed by atoms with Crippen LogP contribution in [0.25, 0.3) is 0 Å². The molecule has 0 unspecified atom stereocenters. The molecule has 0 aliphatic heterocycles. The first-order chi connectivity index (χ1) is 9.45. The van der Waals surface area contributed by atoms with Gasteiger partial charge in [-0.1, -0.05) is 34.1 Å². The molecular weight excluding hydrogens is 336 g/mol. The molecule has 20 heavy (non-hydrogen) atoms. The number of benzene rings is 1. The Kier molecular flexibility index (Phi) is 4.03. The number of carbonyl (C=O) groups is 1. The molecule has 0 saturated heterocycles. The molecule has 2 rings (SSSR count). The highest BCUT2D eigenvalue weighted by Gasteiger charge is 2.42. The number of aromatic amines is 1. The second-order valence-electron chi connectivity index (χ2n) is 3.83. The van der Waals surface area contributed by atoms with E-state index in [-0.39, 0.29) is 16.2 Å². The molecule has 5 nitrogen and oxygen atoms in total. The van der Waals surface area contributed by atoms with E-state index in [0.717, 1.165) is 0 Å². The first kappa shape index (κ1) is 14.4. The first-order valence-electron chi connectivity index (χ1n) is 5.49. The van der Waals surface area contributed by atoms with Gasteiger partial charge in [-0.2, -0.15) is 8.78 Å². The van der Waals surface area contributed by atoms with Crippen molar-refractivity contribution in [2.24, 2.45) is 0 Å². The molecule has 0 saturated carbocycles. The van der Waals surface area contributed by atoms with Gasteiger partial charge in [0.25, 0.3) is 0 Å².